The third-order valence-corrected chi connectivity index (χ3v) is 1.76. The monoisotopic (exact) mass is 197 g/mol. The van der Waals surface area contributed by atoms with Crippen LogP contribution in [-0.4, -0.2) is 20.9 Å². The molecule has 1 rings (SSSR count). The third kappa shape index (κ3) is 3.08. The fourth-order valence-electron chi connectivity index (χ4n) is 0.637. The second kappa shape index (κ2) is 5.35. The van der Waals surface area contributed by atoms with E-state index in [-0.39, 0.29) is 24.7 Å². The molecule has 0 aliphatic rings. The normalized spacial score (nSPS) is 11.6. The van der Waals surface area contributed by atoms with Crippen LogP contribution in [0.1, 0.15) is 0 Å². The molecule has 0 aliphatic heterocycles. The van der Waals surface area contributed by atoms with Crippen molar-refractivity contribution in [2.75, 3.05) is 7.11 Å². The van der Waals surface area contributed by atoms with Crippen molar-refractivity contribution >= 4 is 11.1 Å². The van der Waals surface area contributed by atoms with E-state index in [4.69, 9.17) is 0 Å². The van der Waals surface area contributed by atoms with Crippen molar-refractivity contribution in [3.63, 3.8) is 0 Å². The molecule has 0 N–H and O–H groups in total. The quantitative estimate of drug-likeness (QED) is 0.387. The summed E-state index contributed by atoms with van der Waals surface area (Å²) in [5.74, 6) is -0.820. The molecule has 0 aromatic carbocycles. The minimum atomic E-state index is -2.67. The maximum atomic E-state index is 12.6. The van der Waals surface area contributed by atoms with Gasteiger partial charge in [-0.3, -0.25) is 4.21 Å². The number of ether oxygens (including phenoxy) is 1. The van der Waals surface area contributed by atoms with Crippen LogP contribution in [0.5, 0.6) is 5.88 Å². The van der Waals surface area contributed by atoms with Crippen molar-refractivity contribution in [3.05, 3.63) is 17.9 Å². The van der Waals surface area contributed by atoms with Gasteiger partial charge in [0.15, 0.2) is 10.8 Å². The number of rotatable bonds is 2. The van der Waals surface area contributed by atoms with Gasteiger partial charge in [0.25, 0.3) is 0 Å². The van der Waals surface area contributed by atoms with Gasteiger partial charge < -0.3 is 9.29 Å². The summed E-state index contributed by atoms with van der Waals surface area (Å²) in [6, 6.07) is 2.22. The Morgan fingerprint density at radius 1 is 1.62 bits per heavy atom. The molecule has 0 saturated carbocycles. The molecule has 0 spiro atoms. The maximum absolute atomic E-state index is 12.6. The standard InChI is InChI=1S/C6H6FNO3S.Li/c1-11-5-3-2-4(7)6(8-5)12(9)10;/h2-3H,1H3,(H,9,10);/q;+1/p-1. The van der Waals surface area contributed by atoms with Gasteiger partial charge in [0.2, 0.25) is 5.88 Å². The van der Waals surface area contributed by atoms with Crippen molar-refractivity contribution in [3.8, 4) is 5.88 Å². The molecule has 0 radical (unpaired) electrons. The first-order chi connectivity index (χ1) is 5.65. The fraction of sp³-hybridized carbons (Fsp3) is 0.167. The fourth-order valence-corrected chi connectivity index (χ4v) is 1.03. The predicted octanol–water partition coefficient (Wildman–Crippen LogP) is -2.53. The number of hydrogen-bond donors (Lipinski definition) is 0. The Bertz CT molecular complexity index is 323. The smallest absolute Gasteiger partial charge is 0.767 e. The van der Waals surface area contributed by atoms with Crippen molar-refractivity contribution < 1.29 is 36.7 Å². The zero-order valence-electron chi connectivity index (χ0n) is 7.11. The molecule has 0 bridgehead atoms. The van der Waals surface area contributed by atoms with Crippen LogP contribution in [0.2, 0.25) is 0 Å². The van der Waals surface area contributed by atoms with E-state index in [1.54, 1.807) is 0 Å². The van der Waals surface area contributed by atoms with Crippen molar-refractivity contribution in [2.45, 2.75) is 5.03 Å². The summed E-state index contributed by atoms with van der Waals surface area (Å²) in [6.07, 6.45) is 0. The summed E-state index contributed by atoms with van der Waals surface area (Å²) in [7, 11) is 1.32. The number of methoxy groups -OCH3 is 1. The van der Waals surface area contributed by atoms with Gasteiger partial charge in [-0.15, -0.1) is 0 Å². The van der Waals surface area contributed by atoms with E-state index in [2.05, 4.69) is 9.72 Å². The zero-order chi connectivity index (χ0) is 9.14. The van der Waals surface area contributed by atoms with Crippen molar-refractivity contribution in [1.29, 1.82) is 0 Å². The molecule has 66 valence electrons. The first-order valence-corrected chi connectivity index (χ1v) is 4.02. The summed E-state index contributed by atoms with van der Waals surface area (Å²) in [5, 5.41) is -0.630. The van der Waals surface area contributed by atoms with Crippen molar-refractivity contribution in [2.24, 2.45) is 0 Å². The van der Waals surface area contributed by atoms with E-state index in [9.17, 15) is 13.2 Å². The Hall–Kier alpha value is -0.413. The van der Waals surface area contributed by atoms with Crippen LogP contribution in [0.25, 0.3) is 0 Å². The summed E-state index contributed by atoms with van der Waals surface area (Å²) in [6.45, 7) is 0. The van der Waals surface area contributed by atoms with Crippen LogP contribution in [0.15, 0.2) is 17.2 Å². The average Bonchev–Trinajstić information content (AvgIpc) is 2.05. The van der Waals surface area contributed by atoms with Gasteiger partial charge in [-0.25, -0.2) is 9.37 Å². The van der Waals surface area contributed by atoms with Gasteiger partial charge in [-0.2, -0.15) is 0 Å². The third-order valence-electron chi connectivity index (χ3n) is 1.16. The Morgan fingerprint density at radius 3 is 2.69 bits per heavy atom. The molecular weight excluding hydrogens is 192 g/mol. The predicted molar refractivity (Wildman–Crippen MR) is 37.9 cm³/mol. The summed E-state index contributed by atoms with van der Waals surface area (Å²) in [4.78, 5) is 3.38. The number of aromatic nitrogens is 1. The molecule has 1 atom stereocenters. The van der Waals surface area contributed by atoms with E-state index in [0.29, 0.717) is 0 Å². The van der Waals surface area contributed by atoms with Crippen LogP contribution in [0.3, 0.4) is 0 Å². The average molecular weight is 197 g/mol. The molecule has 0 fully saturated rings. The Morgan fingerprint density at radius 2 is 2.23 bits per heavy atom. The first-order valence-electron chi connectivity index (χ1n) is 2.95. The van der Waals surface area contributed by atoms with Gasteiger partial charge in [0, 0.05) is 17.1 Å². The number of halogens is 1. The van der Waals surface area contributed by atoms with Gasteiger partial charge in [-0.05, 0) is 6.07 Å². The molecule has 1 heterocycles. The molecule has 7 heteroatoms. The molecule has 13 heavy (non-hydrogen) atoms. The Balaban J connectivity index is 0.00000144. The molecule has 1 unspecified atom stereocenters. The van der Waals surface area contributed by atoms with Crippen LogP contribution < -0.4 is 23.6 Å². The molecule has 4 nitrogen and oxygen atoms in total. The molecule has 1 aromatic rings. The second-order valence-electron chi connectivity index (χ2n) is 1.88. The van der Waals surface area contributed by atoms with Gasteiger partial charge >= 0.3 is 18.9 Å². The minimum Gasteiger partial charge on any atom is -0.767 e. The Labute approximate surface area is 89.0 Å². The van der Waals surface area contributed by atoms with E-state index < -0.39 is 21.9 Å². The van der Waals surface area contributed by atoms with Crippen LogP contribution in [-0.2, 0) is 11.1 Å². The van der Waals surface area contributed by atoms with Crippen molar-refractivity contribution in [1.82, 2.24) is 4.98 Å². The number of nitrogens with zero attached hydrogens (tertiary/aromatic N) is 1. The van der Waals surface area contributed by atoms with Crippen LogP contribution in [0, 0.1) is 5.82 Å². The van der Waals surface area contributed by atoms with Crippen LogP contribution in [0.4, 0.5) is 4.39 Å². The van der Waals surface area contributed by atoms with E-state index in [1.165, 1.54) is 13.2 Å². The maximum Gasteiger partial charge on any atom is 1.00 e. The summed E-state index contributed by atoms with van der Waals surface area (Å²) >= 11 is -2.67. The molecular formula is C6H5FLiNO3S. The zero-order valence-corrected chi connectivity index (χ0v) is 7.93. The SMILES string of the molecule is COc1ccc(F)c(S(=O)[O-])n1.[Li+]. The Kier molecular flexibility index (Phi) is 5.18. The topological polar surface area (TPSA) is 62.2 Å². The molecule has 0 aliphatic carbocycles. The number of hydrogen-bond acceptors (Lipinski definition) is 4. The molecule has 0 saturated heterocycles. The largest absolute Gasteiger partial charge is 1.00 e. The molecule has 1 aromatic heterocycles. The summed E-state index contributed by atoms with van der Waals surface area (Å²) < 4.78 is 37.9. The van der Waals surface area contributed by atoms with Gasteiger partial charge in [0.05, 0.1) is 7.11 Å². The minimum absolute atomic E-state index is 0. The van der Waals surface area contributed by atoms with E-state index in [0.717, 1.165) is 6.07 Å². The van der Waals surface area contributed by atoms with E-state index in [1.807, 2.05) is 0 Å². The summed E-state index contributed by atoms with van der Waals surface area (Å²) in [5.41, 5.74) is 0. The molecule has 0 amide bonds. The van der Waals surface area contributed by atoms with E-state index >= 15 is 0 Å². The second-order valence-corrected chi connectivity index (χ2v) is 2.73. The van der Waals surface area contributed by atoms with Gasteiger partial charge in [0.1, 0.15) is 0 Å². The van der Waals surface area contributed by atoms with Gasteiger partial charge in [-0.1, -0.05) is 0 Å². The number of pyridine rings is 1. The first kappa shape index (κ1) is 12.6. The van der Waals surface area contributed by atoms with Crippen LogP contribution >= 0.6 is 0 Å².